The van der Waals surface area contributed by atoms with Crippen molar-refractivity contribution >= 4 is 5.78 Å². The summed E-state index contributed by atoms with van der Waals surface area (Å²) in [6.07, 6.45) is -3.85. The summed E-state index contributed by atoms with van der Waals surface area (Å²) in [6, 6.07) is -1.30. The number of carbonyl (C=O) groups is 1. The molecule has 0 aromatic carbocycles. The normalized spacial score (nSPS) is 36.4. The van der Waals surface area contributed by atoms with Crippen LogP contribution in [0, 0.1) is 0 Å². The van der Waals surface area contributed by atoms with Crippen LogP contribution < -0.4 is 5.32 Å². The predicted molar refractivity (Wildman–Crippen MR) is 122 cm³/mol. The molecule has 0 radical (unpaired) electrons. The maximum Gasteiger partial charge on any atom is 0.186 e. The quantitative estimate of drug-likeness (QED) is 0.0973. The van der Waals surface area contributed by atoms with Crippen molar-refractivity contribution in [2.75, 3.05) is 19.8 Å². The highest BCUT2D eigenvalue weighted by atomic mass is 16.7. The van der Waals surface area contributed by atoms with Gasteiger partial charge in [-0.15, -0.1) is 0 Å². The molecule has 2 aliphatic rings. The van der Waals surface area contributed by atoms with Gasteiger partial charge in [0.05, 0.1) is 50.2 Å². The lowest BCUT2D eigenvalue weighted by molar-refractivity contribution is -0.301. The van der Waals surface area contributed by atoms with Crippen LogP contribution >= 0.6 is 0 Å². The lowest BCUT2D eigenvalue weighted by atomic mass is 9.98. The summed E-state index contributed by atoms with van der Waals surface area (Å²) in [6.45, 7) is -0.720. The Kier molecular flexibility index (Phi) is 13.5. The maximum atomic E-state index is 12.0. The largest absolute Gasteiger partial charge is 0.395 e. The number of hydrogen-bond acceptors (Lipinski definition) is 12. The van der Waals surface area contributed by atoms with Crippen molar-refractivity contribution < 1.29 is 55.1 Å². The van der Waals surface area contributed by atoms with Gasteiger partial charge < -0.3 is 55.6 Å². The van der Waals surface area contributed by atoms with Gasteiger partial charge in [0, 0.05) is 12.8 Å². The van der Waals surface area contributed by atoms with Gasteiger partial charge in [0.25, 0.3) is 0 Å². The highest BCUT2D eigenvalue weighted by Gasteiger charge is 2.44. The predicted octanol–water partition coefficient (Wildman–Crippen LogP) is -2.70. The molecule has 0 bridgehead atoms. The number of nitrogens with one attached hydrogen (secondary N) is 1. The first-order chi connectivity index (χ1) is 16.7. The second-order valence-corrected chi connectivity index (χ2v) is 9.55. The van der Waals surface area contributed by atoms with E-state index < -0.39 is 67.7 Å². The van der Waals surface area contributed by atoms with Crippen LogP contribution in [0.3, 0.4) is 0 Å². The highest BCUT2D eigenvalue weighted by Crippen LogP contribution is 2.23. The van der Waals surface area contributed by atoms with Crippen molar-refractivity contribution in [2.45, 2.75) is 119 Å². The van der Waals surface area contributed by atoms with Crippen LogP contribution in [0.1, 0.15) is 57.8 Å². The SMILES string of the molecule is O=C(CCCCCCC[C@@H](O)C1N[C@H](CO)[C@@H](O)[C@@H]1O)CCCO[C@@H]1O[C@H](CO)[C@@H](O)[C@H](O)[C@H]1O. The van der Waals surface area contributed by atoms with Crippen LogP contribution in [0.25, 0.3) is 0 Å². The molecule has 2 saturated heterocycles. The van der Waals surface area contributed by atoms with E-state index in [1.165, 1.54) is 0 Å². The molecule has 0 spiro atoms. The summed E-state index contributed by atoms with van der Waals surface area (Å²) < 4.78 is 10.6. The standard InChI is InChI=1S/C23H43NO11/c25-11-14-18(29)20(31)17(24-14)15(28)9-5-3-1-2-4-7-13(27)8-6-10-34-23-22(33)21(32)19(30)16(12-26)35-23/h14-26,28-33H,1-12H2/t14-,15-,16-,17?,18-,19-,20-,21+,22-,23-/m1/s1. The Bertz CT molecular complexity index is 610. The lowest BCUT2D eigenvalue weighted by Crippen LogP contribution is -2.59. The first kappa shape index (κ1) is 30.5. The molecule has 10 atom stereocenters. The Morgan fingerprint density at radius 3 is 2.11 bits per heavy atom. The molecule has 2 aliphatic heterocycles. The van der Waals surface area contributed by atoms with Crippen molar-refractivity contribution in [1.29, 1.82) is 0 Å². The average Bonchev–Trinajstić information content (AvgIpc) is 3.14. The molecule has 2 heterocycles. The fraction of sp³-hybridized carbons (Fsp3) is 0.957. The van der Waals surface area contributed by atoms with Crippen molar-refractivity contribution in [2.24, 2.45) is 0 Å². The van der Waals surface area contributed by atoms with Crippen LogP contribution in [0.5, 0.6) is 0 Å². The zero-order valence-electron chi connectivity index (χ0n) is 20.1. The van der Waals surface area contributed by atoms with Gasteiger partial charge in [0.15, 0.2) is 6.29 Å². The van der Waals surface area contributed by atoms with Gasteiger partial charge in [-0.1, -0.05) is 25.7 Å². The summed E-state index contributed by atoms with van der Waals surface area (Å²) in [5, 5.41) is 80.6. The molecule has 0 aromatic heterocycles. The minimum atomic E-state index is -1.49. The van der Waals surface area contributed by atoms with Crippen LogP contribution in [0.4, 0.5) is 0 Å². The van der Waals surface area contributed by atoms with Crippen molar-refractivity contribution in [3.05, 3.63) is 0 Å². The lowest BCUT2D eigenvalue weighted by Gasteiger charge is -2.39. The Balaban J connectivity index is 1.48. The third-order valence-corrected chi connectivity index (χ3v) is 6.83. The Morgan fingerprint density at radius 1 is 0.800 bits per heavy atom. The van der Waals surface area contributed by atoms with Crippen LogP contribution in [0.15, 0.2) is 0 Å². The summed E-state index contributed by atoms with van der Waals surface area (Å²) in [4.78, 5) is 12.0. The number of aliphatic hydroxyl groups excluding tert-OH is 8. The molecule has 2 rings (SSSR count). The van der Waals surface area contributed by atoms with Gasteiger partial charge in [-0.3, -0.25) is 4.79 Å². The number of carbonyl (C=O) groups excluding carboxylic acids is 1. The monoisotopic (exact) mass is 509 g/mol. The van der Waals surface area contributed by atoms with Gasteiger partial charge in [0.2, 0.25) is 0 Å². The topological polar surface area (TPSA) is 209 Å². The van der Waals surface area contributed by atoms with E-state index in [0.717, 1.165) is 32.1 Å². The van der Waals surface area contributed by atoms with Gasteiger partial charge in [0.1, 0.15) is 30.2 Å². The Morgan fingerprint density at radius 2 is 1.46 bits per heavy atom. The summed E-state index contributed by atoms with van der Waals surface area (Å²) >= 11 is 0. The van der Waals surface area contributed by atoms with Crippen LogP contribution in [-0.2, 0) is 14.3 Å². The summed E-state index contributed by atoms with van der Waals surface area (Å²) in [5.74, 6) is 0.0936. The zero-order valence-corrected chi connectivity index (χ0v) is 20.1. The van der Waals surface area contributed by atoms with E-state index in [2.05, 4.69) is 5.32 Å². The smallest absolute Gasteiger partial charge is 0.186 e. The number of ketones is 1. The fourth-order valence-corrected chi connectivity index (χ4v) is 4.58. The third kappa shape index (κ3) is 8.93. The molecule has 9 N–H and O–H groups in total. The first-order valence-electron chi connectivity index (χ1n) is 12.6. The molecule has 12 nitrogen and oxygen atoms in total. The number of hydrogen-bond donors (Lipinski definition) is 9. The van der Waals surface area contributed by atoms with E-state index >= 15 is 0 Å². The molecular formula is C23H43NO11. The average molecular weight is 510 g/mol. The minimum Gasteiger partial charge on any atom is -0.395 e. The number of Topliss-reactive ketones (excluding diaryl/α,β-unsaturated/α-hetero) is 1. The van der Waals surface area contributed by atoms with Crippen molar-refractivity contribution in [3.63, 3.8) is 0 Å². The zero-order chi connectivity index (χ0) is 26.0. The van der Waals surface area contributed by atoms with Crippen molar-refractivity contribution in [3.8, 4) is 0 Å². The van der Waals surface area contributed by atoms with Crippen LogP contribution in [0.2, 0.25) is 0 Å². The van der Waals surface area contributed by atoms with E-state index in [0.29, 0.717) is 25.7 Å². The first-order valence-corrected chi connectivity index (χ1v) is 12.6. The highest BCUT2D eigenvalue weighted by molar-refractivity contribution is 5.78. The van der Waals surface area contributed by atoms with E-state index in [9.17, 15) is 35.4 Å². The van der Waals surface area contributed by atoms with E-state index in [1.54, 1.807) is 0 Å². The van der Waals surface area contributed by atoms with E-state index in [1.807, 2.05) is 0 Å². The summed E-state index contributed by atoms with van der Waals surface area (Å²) in [5.41, 5.74) is 0. The minimum absolute atomic E-state index is 0.0936. The molecular weight excluding hydrogens is 466 g/mol. The number of aliphatic hydroxyl groups is 8. The second kappa shape index (κ2) is 15.5. The van der Waals surface area contributed by atoms with Gasteiger partial charge in [-0.25, -0.2) is 0 Å². The van der Waals surface area contributed by atoms with E-state index in [4.69, 9.17) is 19.7 Å². The van der Waals surface area contributed by atoms with Gasteiger partial charge >= 0.3 is 0 Å². The molecule has 35 heavy (non-hydrogen) atoms. The van der Waals surface area contributed by atoms with E-state index in [-0.39, 0.29) is 19.0 Å². The second-order valence-electron chi connectivity index (χ2n) is 9.55. The Labute approximate surface area is 205 Å². The molecule has 0 aliphatic carbocycles. The molecule has 0 amide bonds. The van der Waals surface area contributed by atoms with Gasteiger partial charge in [-0.05, 0) is 19.3 Å². The molecule has 0 aromatic rings. The van der Waals surface area contributed by atoms with Crippen LogP contribution in [-0.4, -0.2) is 128 Å². The maximum absolute atomic E-state index is 12.0. The molecule has 1 unspecified atom stereocenters. The number of rotatable bonds is 16. The molecule has 0 saturated carbocycles. The third-order valence-electron chi connectivity index (χ3n) is 6.83. The molecule has 206 valence electrons. The number of ether oxygens (including phenoxy) is 2. The molecule has 12 heteroatoms. The molecule has 2 fully saturated rings. The van der Waals surface area contributed by atoms with Gasteiger partial charge in [-0.2, -0.15) is 0 Å². The Hall–Kier alpha value is -0.770. The number of unbranched alkanes of at least 4 members (excludes halogenated alkanes) is 4. The fourth-order valence-electron chi connectivity index (χ4n) is 4.58. The summed E-state index contributed by atoms with van der Waals surface area (Å²) in [7, 11) is 0. The van der Waals surface area contributed by atoms with Crippen molar-refractivity contribution in [1.82, 2.24) is 5.32 Å².